The lowest BCUT2D eigenvalue weighted by Gasteiger charge is -2.34. The molecular weight excluding hydrogens is 254 g/mol. The van der Waals surface area contributed by atoms with Crippen molar-refractivity contribution >= 4 is 9.84 Å². The van der Waals surface area contributed by atoms with Crippen molar-refractivity contribution in [3.8, 4) is 11.8 Å². The van der Waals surface area contributed by atoms with E-state index in [0.717, 1.165) is 0 Å². The minimum absolute atomic E-state index is 0.0721. The van der Waals surface area contributed by atoms with Crippen LogP contribution in [0.15, 0.2) is 23.1 Å². The number of hydrogen-bond acceptors (Lipinski definition) is 5. The highest BCUT2D eigenvalue weighted by Crippen LogP contribution is 2.34. The maximum absolute atomic E-state index is 12.4. The lowest BCUT2D eigenvalue weighted by molar-refractivity contribution is 0.0115. The first kappa shape index (κ1) is 12.9. The van der Waals surface area contributed by atoms with Gasteiger partial charge in [0.15, 0.2) is 0 Å². The van der Waals surface area contributed by atoms with E-state index in [4.69, 9.17) is 14.7 Å². The van der Waals surface area contributed by atoms with E-state index in [1.165, 1.54) is 13.2 Å². The number of nitrogens with zero attached hydrogens (tertiary/aromatic N) is 1. The Morgan fingerprint density at radius 2 is 2.11 bits per heavy atom. The molecule has 5 nitrogen and oxygen atoms in total. The third-order valence-corrected chi connectivity index (χ3v) is 5.45. The van der Waals surface area contributed by atoms with Gasteiger partial charge in [-0.25, -0.2) is 8.42 Å². The van der Waals surface area contributed by atoms with Gasteiger partial charge in [0.05, 0.1) is 31.3 Å². The molecule has 1 fully saturated rings. The van der Waals surface area contributed by atoms with Gasteiger partial charge in [-0.05, 0) is 30.7 Å². The predicted octanol–water partition coefficient (Wildman–Crippen LogP) is 1.07. The van der Waals surface area contributed by atoms with Gasteiger partial charge in [-0.2, -0.15) is 5.26 Å². The molecule has 0 saturated carbocycles. The van der Waals surface area contributed by atoms with Crippen LogP contribution in [0.25, 0.3) is 0 Å². The van der Waals surface area contributed by atoms with Crippen LogP contribution >= 0.6 is 0 Å². The Labute approximate surface area is 106 Å². The lowest BCUT2D eigenvalue weighted by atomic mass is 10.1. The number of ether oxygens (including phenoxy) is 2. The molecular formula is C12H13NO4S. The summed E-state index contributed by atoms with van der Waals surface area (Å²) in [5.74, 6) is 0.585. The van der Waals surface area contributed by atoms with Crippen LogP contribution in [-0.2, 0) is 14.6 Å². The molecule has 0 aliphatic carbocycles. The second-order valence-corrected chi connectivity index (χ2v) is 6.46. The van der Waals surface area contributed by atoms with Gasteiger partial charge in [-0.1, -0.05) is 0 Å². The molecule has 1 aromatic carbocycles. The summed E-state index contributed by atoms with van der Waals surface area (Å²) >= 11 is 0. The number of hydrogen-bond donors (Lipinski definition) is 0. The molecule has 1 aliphatic heterocycles. The monoisotopic (exact) mass is 267 g/mol. The second-order valence-electron chi connectivity index (χ2n) is 4.23. The number of sulfone groups is 1. The molecule has 96 valence electrons. The zero-order chi connectivity index (χ0) is 13.4. The maximum Gasteiger partial charge on any atom is 0.208 e. The summed E-state index contributed by atoms with van der Waals surface area (Å²) in [6, 6.07) is 6.55. The summed E-state index contributed by atoms with van der Waals surface area (Å²) in [6.07, 6.45) is 0. The predicted molar refractivity (Wildman–Crippen MR) is 64.1 cm³/mol. The molecule has 0 unspecified atom stereocenters. The molecule has 0 atom stereocenters. The van der Waals surface area contributed by atoms with Crippen molar-refractivity contribution in [2.75, 3.05) is 20.3 Å². The summed E-state index contributed by atoms with van der Waals surface area (Å²) in [5.41, 5.74) is 0.566. The Morgan fingerprint density at radius 1 is 1.44 bits per heavy atom. The molecule has 2 rings (SSSR count). The minimum Gasteiger partial charge on any atom is -0.497 e. The first-order valence-corrected chi connectivity index (χ1v) is 6.83. The van der Waals surface area contributed by atoms with Crippen molar-refractivity contribution in [2.24, 2.45) is 0 Å². The van der Waals surface area contributed by atoms with Gasteiger partial charge in [0, 0.05) is 0 Å². The van der Waals surface area contributed by atoms with Crippen LogP contribution in [0.2, 0.25) is 0 Å². The Kier molecular flexibility index (Phi) is 3.05. The van der Waals surface area contributed by atoms with E-state index in [9.17, 15) is 8.42 Å². The summed E-state index contributed by atoms with van der Waals surface area (Å²) in [4.78, 5) is 0.160. The molecule has 1 aromatic rings. The number of nitriles is 1. The summed E-state index contributed by atoms with van der Waals surface area (Å²) < 4.78 is 33.4. The molecule has 18 heavy (non-hydrogen) atoms. The third kappa shape index (κ3) is 1.67. The van der Waals surface area contributed by atoms with Crippen LogP contribution in [0.5, 0.6) is 5.75 Å². The van der Waals surface area contributed by atoms with Crippen molar-refractivity contribution < 1.29 is 17.9 Å². The summed E-state index contributed by atoms with van der Waals surface area (Å²) in [5, 5.41) is 9.09. The highest BCUT2D eigenvalue weighted by atomic mass is 32.2. The van der Waals surface area contributed by atoms with Crippen LogP contribution in [0.4, 0.5) is 0 Å². The average Bonchev–Trinajstić information content (AvgIpc) is 2.27. The Bertz CT molecular complexity index is 611. The van der Waals surface area contributed by atoms with Crippen molar-refractivity contribution in [3.05, 3.63) is 23.8 Å². The largest absolute Gasteiger partial charge is 0.497 e. The number of benzene rings is 1. The first-order chi connectivity index (χ1) is 8.47. The van der Waals surface area contributed by atoms with Crippen LogP contribution in [0, 0.1) is 18.3 Å². The fourth-order valence-corrected chi connectivity index (χ4v) is 3.58. The first-order valence-electron chi connectivity index (χ1n) is 5.35. The zero-order valence-corrected chi connectivity index (χ0v) is 11.0. The van der Waals surface area contributed by atoms with Crippen LogP contribution < -0.4 is 4.74 Å². The normalized spacial score (nSPS) is 17.6. The van der Waals surface area contributed by atoms with E-state index in [1.54, 1.807) is 19.1 Å². The van der Waals surface area contributed by atoms with E-state index in [0.29, 0.717) is 11.3 Å². The summed E-state index contributed by atoms with van der Waals surface area (Å²) in [6.45, 7) is 1.54. The lowest BCUT2D eigenvalue weighted by Crippen LogP contribution is -2.54. The topological polar surface area (TPSA) is 76.4 Å². The fraction of sp³-hybridized carbons (Fsp3) is 0.417. The van der Waals surface area contributed by atoms with Crippen molar-refractivity contribution in [2.45, 2.75) is 16.6 Å². The van der Waals surface area contributed by atoms with Crippen molar-refractivity contribution in [1.29, 1.82) is 5.26 Å². The number of aryl methyl sites for hydroxylation is 1. The Balaban J connectivity index is 2.52. The van der Waals surface area contributed by atoms with Gasteiger partial charge >= 0.3 is 0 Å². The third-order valence-electron chi connectivity index (χ3n) is 3.06. The van der Waals surface area contributed by atoms with Gasteiger partial charge in [0.25, 0.3) is 0 Å². The van der Waals surface area contributed by atoms with Gasteiger partial charge in [-0.15, -0.1) is 0 Å². The highest BCUT2D eigenvalue weighted by Gasteiger charge is 2.52. The SMILES string of the molecule is COc1ccc(S(=O)(=O)C2(C#N)COC2)c(C)c1. The van der Waals surface area contributed by atoms with Crippen LogP contribution in [0.3, 0.4) is 0 Å². The molecule has 0 radical (unpaired) electrons. The molecule has 0 spiro atoms. The Hall–Kier alpha value is -1.58. The second kappa shape index (κ2) is 4.26. The van der Waals surface area contributed by atoms with Gasteiger partial charge < -0.3 is 9.47 Å². The molecule has 0 N–H and O–H groups in total. The van der Waals surface area contributed by atoms with E-state index < -0.39 is 14.6 Å². The Morgan fingerprint density at radius 3 is 2.50 bits per heavy atom. The molecule has 6 heteroatoms. The van der Waals surface area contributed by atoms with E-state index in [-0.39, 0.29) is 18.1 Å². The quantitative estimate of drug-likeness (QED) is 0.818. The smallest absolute Gasteiger partial charge is 0.208 e. The number of rotatable bonds is 3. The molecule has 1 saturated heterocycles. The van der Waals surface area contributed by atoms with E-state index >= 15 is 0 Å². The van der Waals surface area contributed by atoms with Crippen LogP contribution in [0.1, 0.15) is 5.56 Å². The van der Waals surface area contributed by atoms with E-state index in [1.807, 2.05) is 6.07 Å². The zero-order valence-electron chi connectivity index (χ0n) is 10.1. The number of methoxy groups -OCH3 is 1. The molecule has 1 aliphatic rings. The molecule has 1 heterocycles. The fourth-order valence-electron chi connectivity index (χ4n) is 1.83. The standard InChI is InChI=1S/C12H13NO4S/c1-9-5-10(16-2)3-4-11(9)18(14,15)12(6-13)7-17-8-12/h3-5H,7-8H2,1-2H3. The van der Waals surface area contributed by atoms with Crippen LogP contribution in [-0.4, -0.2) is 33.5 Å². The maximum atomic E-state index is 12.4. The van der Waals surface area contributed by atoms with Gasteiger partial charge in [0.2, 0.25) is 14.6 Å². The highest BCUT2D eigenvalue weighted by molar-refractivity contribution is 7.93. The van der Waals surface area contributed by atoms with E-state index in [2.05, 4.69) is 0 Å². The van der Waals surface area contributed by atoms with Gasteiger partial charge in [-0.3, -0.25) is 0 Å². The molecule has 0 amide bonds. The summed E-state index contributed by atoms with van der Waals surface area (Å²) in [7, 11) is -2.20. The average molecular weight is 267 g/mol. The van der Waals surface area contributed by atoms with Crippen molar-refractivity contribution in [1.82, 2.24) is 0 Å². The van der Waals surface area contributed by atoms with Gasteiger partial charge in [0.1, 0.15) is 5.75 Å². The molecule has 0 bridgehead atoms. The van der Waals surface area contributed by atoms with Crippen molar-refractivity contribution in [3.63, 3.8) is 0 Å². The minimum atomic E-state index is -3.71. The molecule has 0 aromatic heterocycles.